The summed E-state index contributed by atoms with van der Waals surface area (Å²) in [6.45, 7) is 15.4. The van der Waals surface area contributed by atoms with E-state index in [1.54, 1.807) is 0 Å². The molecular weight excluding hydrogens is 258 g/mol. The third-order valence-corrected chi connectivity index (χ3v) is 4.85. The molecule has 1 atom stereocenters. The maximum atomic E-state index is 6.13. The molecule has 0 spiro atoms. The van der Waals surface area contributed by atoms with Gasteiger partial charge in [0.2, 0.25) is 0 Å². The second-order valence-corrected chi connectivity index (χ2v) is 6.42. The Morgan fingerprint density at radius 3 is 2.19 bits per heavy atom. The Hall–Kier alpha value is -0.900. The molecule has 21 heavy (non-hydrogen) atoms. The third-order valence-electron chi connectivity index (χ3n) is 4.85. The van der Waals surface area contributed by atoms with E-state index in [1.165, 1.54) is 48.3 Å². The zero-order chi connectivity index (χ0) is 15.4. The highest BCUT2D eigenvalue weighted by Crippen LogP contribution is 2.26. The van der Waals surface area contributed by atoms with Crippen LogP contribution in [0.4, 0.5) is 0 Å². The van der Waals surface area contributed by atoms with Gasteiger partial charge in [0.25, 0.3) is 0 Å². The normalized spacial score (nSPS) is 18.9. The van der Waals surface area contributed by atoms with Gasteiger partial charge in [0, 0.05) is 38.8 Å². The molecule has 0 aliphatic carbocycles. The van der Waals surface area contributed by atoms with Crippen LogP contribution in [-0.4, -0.2) is 49.1 Å². The smallest absolute Gasteiger partial charge is 0.0474 e. The van der Waals surface area contributed by atoms with E-state index in [0.29, 0.717) is 12.6 Å². The fourth-order valence-corrected chi connectivity index (χ4v) is 3.43. The molecule has 1 unspecified atom stereocenters. The third kappa shape index (κ3) is 3.85. The van der Waals surface area contributed by atoms with E-state index in [4.69, 9.17) is 5.73 Å². The highest BCUT2D eigenvalue weighted by atomic mass is 15.3. The summed E-state index contributed by atoms with van der Waals surface area (Å²) in [6, 6.07) is 5.02. The largest absolute Gasteiger partial charge is 0.329 e. The molecule has 1 aromatic rings. The molecule has 1 aromatic carbocycles. The van der Waals surface area contributed by atoms with Gasteiger partial charge in [-0.05, 0) is 56.0 Å². The zero-order valence-electron chi connectivity index (χ0n) is 14.2. The zero-order valence-corrected chi connectivity index (χ0v) is 14.2. The summed E-state index contributed by atoms with van der Waals surface area (Å²) in [4.78, 5) is 5.14. The van der Waals surface area contributed by atoms with Crippen LogP contribution < -0.4 is 5.73 Å². The van der Waals surface area contributed by atoms with Gasteiger partial charge in [-0.1, -0.05) is 19.1 Å². The summed E-state index contributed by atoms with van der Waals surface area (Å²) in [5, 5.41) is 0. The lowest BCUT2D eigenvalue weighted by atomic mass is 9.94. The number of nitrogens with two attached hydrogens (primary N) is 1. The predicted octanol–water partition coefficient (Wildman–Crippen LogP) is 2.64. The first-order valence-corrected chi connectivity index (χ1v) is 8.31. The van der Waals surface area contributed by atoms with E-state index in [0.717, 1.165) is 13.1 Å². The van der Waals surface area contributed by atoms with Gasteiger partial charge in [0.15, 0.2) is 0 Å². The van der Waals surface area contributed by atoms with Gasteiger partial charge in [-0.3, -0.25) is 4.90 Å². The van der Waals surface area contributed by atoms with Gasteiger partial charge in [-0.2, -0.15) is 0 Å². The van der Waals surface area contributed by atoms with E-state index in [9.17, 15) is 0 Å². The van der Waals surface area contributed by atoms with Gasteiger partial charge in [-0.15, -0.1) is 0 Å². The number of rotatable bonds is 5. The van der Waals surface area contributed by atoms with Crippen LogP contribution in [0.2, 0.25) is 0 Å². The van der Waals surface area contributed by atoms with Crippen LogP contribution in [0, 0.1) is 20.8 Å². The molecule has 0 radical (unpaired) electrons. The van der Waals surface area contributed by atoms with Crippen LogP contribution in [0.5, 0.6) is 0 Å². The van der Waals surface area contributed by atoms with Crippen molar-refractivity contribution in [1.82, 2.24) is 9.80 Å². The van der Waals surface area contributed by atoms with Crippen LogP contribution >= 0.6 is 0 Å². The molecule has 1 fully saturated rings. The van der Waals surface area contributed by atoms with E-state index in [2.05, 4.69) is 49.6 Å². The van der Waals surface area contributed by atoms with Gasteiger partial charge >= 0.3 is 0 Å². The van der Waals surface area contributed by atoms with Crippen molar-refractivity contribution in [3.63, 3.8) is 0 Å². The molecule has 2 N–H and O–H groups in total. The van der Waals surface area contributed by atoms with Crippen LogP contribution in [0.1, 0.15) is 41.6 Å². The van der Waals surface area contributed by atoms with Crippen LogP contribution in [0.25, 0.3) is 0 Å². The second-order valence-electron chi connectivity index (χ2n) is 6.42. The number of benzene rings is 1. The monoisotopic (exact) mass is 289 g/mol. The van der Waals surface area contributed by atoms with Crippen molar-refractivity contribution in [1.29, 1.82) is 0 Å². The van der Waals surface area contributed by atoms with Gasteiger partial charge < -0.3 is 10.6 Å². The van der Waals surface area contributed by atoms with E-state index in [1.807, 2.05) is 0 Å². The number of hydrogen-bond acceptors (Lipinski definition) is 3. The van der Waals surface area contributed by atoms with Crippen molar-refractivity contribution >= 4 is 0 Å². The molecule has 3 heteroatoms. The topological polar surface area (TPSA) is 32.5 Å². The van der Waals surface area contributed by atoms with Crippen molar-refractivity contribution in [2.75, 3.05) is 39.3 Å². The quantitative estimate of drug-likeness (QED) is 0.904. The first-order chi connectivity index (χ1) is 10.1. The first-order valence-electron chi connectivity index (χ1n) is 8.31. The van der Waals surface area contributed by atoms with Crippen molar-refractivity contribution in [2.24, 2.45) is 5.73 Å². The Morgan fingerprint density at radius 2 is 1.62 bits per heavy atom. The fourth-order valence-electron chi connectivity index (χ4n) is 3.43. The summed E-state index contributed by atoms with van der Waals surface area (Å²) >= 11 is 0. The summed E-state index contributed by atoms with van der Waals surface area (Å²) in [5.41, 5.74) is 11.7. The maximum absolute atomic E-state index is 6.13. The fraction of sp³-hybridized carbons (Fsp3) is 0.667. The van der Waals surface area contributed by atoms with E-state index in [-0.39, 0.29) is 0 Å². The predicted molar refractivity (Wildman–Crippen MR) is 90.8 cm³/mol. The molecule has 0 amide bonds. The van der Waals surface area contributed by atoms with Crippen molar-refractivity contribution in [3.8, 4) is 0 Å². The Balaban J connectivity index is 2.12. The first kappa shape index (κ1) is 16.5. The highest BCUT2D eigenvalue weighted by Gasteiger charge is 2.25. The van der Waals surface area contributed by atoms with E-state index < -0.39 is 0 Å². The van der Waals surface area contributed by atoms with Crippen molar-refractivity contribution in [2.45, 2.75) is 40.2 Å². The molecule has 0 aromatic heterocycles. The molecule has 1 aliphatic rings. The number of aryl methyl sites for hydroxylation is 3. The maximum Gasteiger partial charge on any atom is 0.0474 e. The molecule has 1 aliphatic heterocycles. The molecule has 2 rings (SSSR count). The standard InChI is InChI=1S/C18H31N3/c1-5-6-20-7-9-21(10-8-20)18(13-19)17-12-15(3)14(2)11-16(17)4/h11-12,18H,5-10,13,19H2,1-4H3. The highest BCUT2D eigenvalue weighted by molar-refractivity contribution is 5.38. The summed E-state index contributed by atoms with van der Waals surface area (Å²) < 4.78 is 0. The minimum absolute atomic E-state index is 0.369. The second kappa shape index (κ2) is 7.39. The van der Waals surface area contributed by atoms with Gasteiger partial charge in [0.1, 0.15) is 0 Å². The number of piperazine rings is 1. The lowest BCUT2D eigenvalue weighted by Gasteiger charge is -2.39. The molecule has 118 valence electrons. The molecule has 1 heterocycles. The minimum atomic E-state index is 0.369. The number of nitrogens with zero attached hydrogens (tertiary/aromatic N) is 2. The molecule has 1 saturated heterocycles. The Morgan fingerprint density at radius 1 is 1.00 bits per heavy atom. The Kier molecular flexibility index (Phi) is 5.80. The molecule has 3 nitrogen and oxygen atoms in total. The van der Waals surface area contributed by atoms with Gasteiger partial charge in [-0.25, -0.2) is 0 Å². The Labute approximate surface area is 130 Å². The average molecular weight is 289 g/mol. The van der Waals surface area contributed by atoms with Crippen LogP contribution in [0.3, 0.4) is 0 Å². The lowest BCUT2D eigenvalue weighted by Crippen LogP contribution is -2.49. The van der Waals surface area contributed by atoms with Crippen molar-refractivity contribution in [3.05, 3.63) is 34.4 Å². The SMILES string of the molecule is CCCN1CCN(C(CN)c2cc(C)c(C)cc2C)CC1. The van der Waals surface area contributed by atoms with Gasteiger partial charge in [0.05, 0.1) is 0 Å². The molecular formula is C18H31N3. The lowest BCUT2D eigenvalue weighted by molar-refractivity contribution is 0.0983. The number of hydrogen-bond donors (Lipinski definition) is 1. The van der Waals surface area contributed by atoms with Crippen molar-refractivity contribution < 1.29 is 0 Å². The average Bonchev–Trinajstić information content (AvgIpc) is 2.47. The van der Waals surface area contributed by atoms with E-state index >= 15 is 0 Å². The summed E-state index contributed by atoms with van der Waals surface area (Å²) in [5.74, 6) is 0. The Bertz CT molecular complexity index is 462. The van der Waals surface area contributed by atoms with Crippen LogP contribution in [-0.2, 0) is 0 Å². The summed E-state index contributed by atoms with van der Waals surface area (Å²) in [6.07, 6.45) is 1.25. The molecule has 0 bridgehead atoms. The molecule has 0 saturated carbocycles. The van der Waals surface area contributed by atoms with Crippen LogP contribution in [0.15, 0.2) is 12.1 Å². The summed E-state index contributed by atoms with van der Waals surface area (Å²) in [7, 11) is 0. The minimum Gasteiger partial charge on any atom is -0.329 e.